The summed E-state index contributed by atoms with van der Waals surface area (Å²) in [6.07, 6.45) is 0. The van der Waals surface area contributed by atoms with Crippen LogP contribution in [0.15, 0.2) is 24.3 Å². The summed E-state index contributed by atoms with van der Waals surface area (Å²) in [5.41, 5.74) is 1.13. The van der Waals surface area contributed by atoms with Crippen molar-refractivity contribution < 1.29 is 31.6 Å². The van der Waals surface area contributed by atoms with Crippen LogP contribution in [-0.2, 0) is 31.7 Å². The number of aromatic hydroxyl groups is 1. The van der Waals surface area contributed by atoms with Crippen molar-refractivity contribution >= 4 is 43.6 Å². The Bertz CT molecular complexity index is 938. The highest BCUT2D eigenvalue weighted by molar-refractivity contribution is 7.85. The molecule has 1 amide bonds. The Hall–Kier alpha value is -2.01. The lowest BCUT2D eigenvalue weighted by Crippen LogP contribution is -2.19. The van der Waals surface area contributed by atoms with E-state index in [4.69, 9.17) is 9.11 Å². The zero-order chi connectivity index (χ0) is 18.1. The molecule has 2 aromatic carbocycles. The molecule has 0 aromatic heterocycles. The topological polar surface area (TPSA) is 141 Å². The van der Waals surface area contributed by atoms with Crippen LogP contribution in [0.25, 0.3) is 10.8 Å². The summed E-state index contributed by atoms with van der Waals surface area (Å²) < 4.78 is 50.4. The van der Waals surface area contributed by atoms with Gasteiger partial charge in [0.1, 0.15) is 17.3 Å². The molecule has 1 unspecified atom stereocenters. The number of benzene rings is 2. The van der Waals surface area contributed by atoms with Crippen LogP contribution in [0.3, 0.4) is 0 Å². The van der Waals surface area contributed by atoms with Gasteiger partial charge in [0.15, 0.2) is 11.1 Å². The lowest BCUT2D eigenvalue weighted by atomic mass is 10.0. The van der Waals surface area contributed by atoms with E-state index >= 15 is 0 Å². The van der Waals surface area contributed by atoms with Crippen LogP contribution in [-0.4, -0.2) is 38.5 Å². The summed E-state index contributed by atoms with van der Waals surface area (Å²) in [4.78, 5) is 11.7. The van der Waals surface area contributed by atoms with Crippen molar-refractivity contribution in [3.63, 3.8) is 0 Å². The molecular weight excluding hydrogens is 358 g/mol. The number of fused-ring (bicyclic) bond motifs is 1. The highest BCUT2D eigenvalue weighted by atomic mass is 32.2. The molecule has 2 aromatic rings. The molecule has 0 radical (unpaired) electrons. The Balaban J connectivity index is 2.53. The third kappa shape index (κ3) is 4.74. The molecule has 10 heteroatoms. The van der Waals surface area contributed by atoms with E-state index in [0.29, 0.717) is 10.9 Å². The fourth-order valence-corrected chi connectivity index (χ4v) is 3.28. The van der Waals surface area contributed by atoms with Gasteiger partial charge in [0.05, 0.1) is 5.69 Å². The van der Waals surface area contributed by atoms with Crippen molar-refractivity contribution in [1.82, 2.24) is 0 Å². The average molecular weight is 373 g/mol. The highest BCUT2D eigenvalue weighted by Crippen LogP contribution is 2.34. The number of aryl methyl sites for hydroxylation is 1. The number of hydrogen-bond acceptors (Lipinski definition) is 5. The highest BCUT2D eigenvalue weighted by Gasteiger charge is 2.15. The Labute approximate surface area is 140 Å². The van der Waals surface area contributed by atoms with E-state index in [0.717, 1.165) is 0 Å². The molecule has 2 rings (SSSR count). The number of phenols is 1. The average Bonchev–Trinajstić information content (AvgIpc) is 2.33. The predicted octanol–water partition coefficient (Wildman–Crippen LogP) is 1.40. The molecule has 24 heavy (non-hydrogen) atoms. The van der Waals surface area contributed by atoms with Crippen molar-refractivity contribution in [2.75, 3.05) is 11.1 Å². The fourth-order valence-electron chi connectivity index (χ4n) is 2.39. The van der Waals surface area contributed by atoms with Crippen LogP contribution in [0.4, 0.5) is 5.69 Å². The van der Waals surface area contributed by atoms with Gasteiger partial charge in [0.2, 0.25) is 5.91 Å². The third-order valence-electron chi connectivity index (χ3n) is 3.11. The number of carbonyl (C=O) groups excluding carboxylic acids is 1. The summed E-state index contributed by atoms with van der Waals surface area (Å²) in [6, 6.07) is 5.88. The quantitative estimate of drug-likeness (QED) is 0.458. The smallest absolute Gasteiger partial charge is 0.269 e. The summed E-state index contributed by atoms with van der Waals surface area (Å²) in [7, 11) is -4.26. The van der Waals surface area contributed by atoms with E-state index in [1.54, 1.807) is 19.1 Å². The Morgan fingerprint density at radius 1 is 1.25 bits per heavy atom. The van der Waals surface area contributed by atoms with Gasteiger partial charge >= 0.3 is 0 Å². The predicted molar refractivity (Wildman–Crippen MR) is 89.9 cm³/mol. The van der Waals surface area contributed by atoms with Gasteiger partial charge in [-0.25, -0.2) is 4.21 Å². The van der Waals surface area contributed by atoms with E-state index < -0.39 is 38.6 Å². The van der Waals surface area contributed by atoms with Crippen molar-refractivity contribution in [1.29, 1.82) is 0 Å². The van der Waals surface area contributed by atoms with Gasteiger partial charge < -0.3 is 15.0 Å². The molecule has 0 fully saturated rings. The molecule has 0 aliphatic heterocycles. The second-order valence-electron chi connectivity index (χ2n) is 5.27. The van der Waals surface area contributed by atoms with Crippen LogP contribution in [0.1, 0.15) is 11.1 Å². The normalized spacial score (nSPS) is 13.0. The van der Waals surface area contributed by atoms with Gasteiger partial charge in [0.25, 0.3) is 10.1 Å². The van der Waals surface area contributed by atoms with Crippen LogP contribution in [0, 0.1) is 6.92 Å². The van der Waals surface area contributed by atoms with E-state index in [9.17, 15) is 22.5 Å². The first-order valence-electron chi connectivity index (χ1n) is 6.64. The molecular formula is C14H15NO7S2. The third-order valence-corrected chi connectivity index (χ3v) is 4.32. The zero-order valence-electron chi connectivity index (χ0n) is 12.5. The molecule has 1 atom stereocenters. The SMILES string of the molecule is Cc1cc(NC(=O)CS(=O)O)c2c(O)cc(CS(=O)(=O)O)cc2c1. The number of carbonyl (C=O) groups is 1. The molecule has 0 spiro atoms. The van der Waals surface area contributed by atoms with E-state index in [-0.39, 0.29) is 22.4 Å². The largest absolute Gasteiger partial charge is 0.507 e. The number of nitrogens with one attached hydrogen (secondary N) is 1. The van der Waals surface area contributed by atoms with Crippen LogP contribution in [0.2, 0.25) is 0 Å². The lowest BCUT2D eigenvalue weighted by molar-refractivity contribution is -0.113. The van der Waals surface area contributed by atoms with Gasteiger partial charge in [-0.15, -0.1) is 0 Å². The lowest BCUT2D eigenvalue weighted by Gasteiger charge is -2.12. The summed E-state index contributed by atoms with van der Waals surface area (Å²) in [5.74, 6) is -2.26. The standard InChI is InChI=1S/C14H15NO7S2/c1-8-2-10-4-9(7-24(20,21)22)5-12(16)14(10)11(3-8)15-13(17)6-23(18)19/h2-5,16H,6-7H2,1H3,(H,15,17)(H,18,19)(H,20,21,22). The molecule has 0 heterocycles. The van der Waals surface area contributed by atoms with E-state index in [1.165, 1.54) is 12.1 Å². The van der Waals surface area contributed by atoms with Crippen LogP contribution in [0.5, 0.6) is 5.75 Å². The second kappa shape index (κ2) is 6.85. The van der Waals surface area contributed by atoms with Gasteiger partial charge in [-0.3, -0.25) is 9.35 Å². The van der Waals surface area contributed by atoms with Gasteiger partial charge in [-0.2, -0.15) is 8.42 Å². The van der Waals surface area contributed by atoms with Crippen molar-refractivity contribution in [2.45, 2.75) is 12.7 Å². The first-order valence-corrected chi connectivity index (χ1v) is 9.52. The van der Waals surface area contributed by atoms with Gasteiger partial charge in [-0.05, 0) is 41.6 Å². The molecule has 130 valence electrons. The molecule has 0 aliphatic rings. The monoisotopic (exact) mass is 373 g/mol. The van der Waals surface area contributed by atoms with Gasteiger partial charge in [0, 0.05) is 5.39 Å². The Morgan fingerprint density at radius 3 is 2.50 bits per heavy atom. The minimum atomic E-state index is -4.26. The van der Waals surface area contributed by atoms with Crippen molar-refractivity contribution in [3.8, 4) is 5.75 Å². The van der Waals surface area contributed by atoms with Crippen molar-refractivity contribution in [3.05, 3.63) is 35.4 Å². The summed E-state index contributed by atoms with van der Waals surface area (Å²) >= 11 is -2.30. The summed E-state index contributed by atoms with van der Waals surface area (Å²) in [6.45, 7) is 1.73. The molecule has 0 saturated carbocycles. The molecule has 8 nitrogen and oxygen atoms in total. The van der Waals surface area contributed by atoms with Crippen LogP contribution >= 0.6 is 0 Å². The first kappa shape index (κ1) is 18.3. The van der Waals surface area contributed by atoms with Crippen LogP contribution < -0.4 is 5.32 Å². The minimum Gasteiger partial charge on any atom is -0.507 e. The number of amides is 1. The zero-order valence-corrected chi connectivity index (χ0v) is 14.1. The van der Waals surface area contributed by atoms with E-state index in [2.05, 4.69) is 5.32 Å². The Morgan fingerprint density at radius 2 is 1.92 bits per heavy atom. The molecule has 0 bridgehead atoms. The first-order chi connectivity index (χ1) is 11.0. The number of anilines is 1. The second-order valence-corrected chi connectivity index (χ2v) is 7.65. The van der Waals surface area contributed by atoms with Crippen molar-refractivity contribution in [2.24, 2.45) is 0 Å². The number of rotatable bonds is 5. The molecule has 0 aliphatic carbocycles. The number of phenolic OH excluding ortho intramolecular Hbond substituents is 1. The maximum Gasteiger partial charge on any atom is 0.269 e. The maximum absolute atomic E-state index is 11.7. The minimum absolute atomic E-state index is 0.182. The molecule has 4 N–H and O–H groups in total. The van der Waals surface area contributed by atoms with E-state index in [1.807, 2.05) is 0 Å². The summed E-state index contributed by atoms with van der Waals surface area (Å²) in [5, 5.41) is 13.3. The number of hydrogen-bond donors (Lipinski definition) is 4. The maximum atomic E-state index is 11.7. The van der Waals surface area contributed by atoms with Gasteiger partial charge in [-0.1, -0.05) is 6.07 Å². The molecule has 0 saturated heterocycles. The Kier molecular flexibility index (Phi) is 5.23. The fraction of sp³-hybridized carbons (Fsp3) is 0.214.